The molecule has 0 aliphatic carbocycles. The lowest BCUT2D eigenvalue weighted by molar-refractivity contribution is -0.137. The normalized spacial score (nSPS) is 21.1. The van der Waals surface area contributed by atoms with Crippen molar-refractivity contribution in [2.24, 2.45) is 0 Å². The second-order valence-corrected chi connectivity index (χ2v) is 4.25. The van der Waals surface area contributed by atoms with Crippen molar-refractivity contribution in [3.8, 4) is 0 Å². The Labute approximate surface area is 95.7 Å². The van der Waals surface area contributed by atoms with Crippen LogP contribution in [0.4, 0.5) is 0 Å². The zero-order chi connectivity index (χ0) is 11.4. The highest BCUT2D eigenvalue weighted by atomic mass is 16.4. The number of carboxylic acids is 1. The summed E-state index contributed by atoms with van der Waals surface area (Å²) in [5, 5.41) is 8.70. The molecule has 1 aromatic rings. The third-order valence-electron chi connectivity index (χ3n) is 3.16. The molecule has 2 rings (SSSR count). The number of carbonyl (C=O) groups is 1. The van der Waals surface area contributed by atoms with Gasteiger partial charge in [-0.05, 0) is 24.9 Å². The molecule has 1 aromatic carbocycles. The maximum Gasteiger partial charge on any atom is 0.304 e. The van der Waals surface area contributed by atoms with Gasteiger partial charge in [-0.15, -0.1) is 0 Å². The number of benzene rings is 1. The molecule has 0 spiro atoms. The van der Waals surface area contributed by atoms with Crippen molar-refractivity contribution in [3.05, 3.63) is 35.9 Å². The summed E-state index contributed by atoms with van der Waals surface area (Å²) in [7, 11) is 0. The summed E-state index contributed by atoms with van der Waals surface area (Å²) < 4.78 is 0. The van der Waals surface area contributed by atoms with E-state index in [0.717, 1.165) is 13.0 Å². The number of hydrogen-bond donors (Lipinski definition) is 1. The Morgan fingerprint density at radius 3 is 2.81 bits per heavy atom. The van der Waals surface area contributed by atoms with Gasteiger partial charge in [-0.3, -0.25) is 9.69 Å². The second-order valence-electron chi connectivity index (χ2n) is 4.25. The van der Waals surface area contributed by atoms with Gasteiger partial charge in [-0.1, -0.05) is 30.3 Å². The second kappa shape index (κ2) is 5.12. The number of aliphatic carboxylic acids is 1. The molecule has 1 aliphatic heterocycles. The largest absolute Gasteiger partial charge is 0.481 e. The van der Waals surface area contributed by atoms with Crippen molar-refractivity contribution < 1.29 is 9.90 Å². The predicted molar refractivity (Wildman–Crippen MR) is 62.2 cm³/mol. The van der Waals surface area contributed by atoms with Crippen molar-refractivity contribution in [1.29, 1.82) is 0 Å². The van der Waals surface area contributed by atoms with Gasteiger partial charge in [0.1, 0.15) is 0 Å². The average Bonchev–Trinajstić information content (AvgIpc) is 2.75. The molecule has 86 valence electrons. The van der Waals surface area contributed by atoms with Gasteiger partial charge >= 0.3 is 5.97 Å². The molecule has 0 saturated carbocycles. The molecule has 0 amide bonds. The standard InChI is InChI=1S/C13H17NO2/c15-13(16)8-10-14-9-4-7-12(14)11-5-2-1-3-6-11/h1-3,5-6,12H,4,7-10H2,(H,15,16)/t12-/m1/s1. The minimum absolute atomic E-state index is 0.239. The van der Waals surface area contributed by atoms with E-state index in [9.17, 15) is 4.79 Å². The van der Waals surface area contributed by atoms with Crippen molar-refractivity contribution in [1.82, 2.24) is 4.90 Å². The van der Waals surface area contributed by atoms with E-state index in [4.69, 9.17) is 5.11 Å². The Bertz CT molecular complexity index is 350. The van der Waals surface area contributed by atoms with Gasteiger partial charge in [-0.25, -0.2) is 0 Å². The summed E-state index contributed by atoms with van der Waals surface area (Å²) in [4.78, 5) is 12.9. The van der Waals surface area contributed by atoms with Crippen LogP contribution < -0.4 is 0 Å². The van der Waals surface area contributed by atoms with E-state index >= 15 is 0 Å². The molecule has 0 unspecified atom stereocenters. The first-order valence-electron chi connectivity index (χ1n) is 5.78. The molecular weight excluding hydrogens is 202 g/mol. The lowest BCUT2D eigenvalue weighted by Crippen LogP contribution is -2.25. The summed E-state index contributed by atoms with van der Waals surface area (Å²) in [6, 6.07) is 10.8. The summed E-state index contributed by atoms with van der Waals surface area (Å²) in [6.07, 6.45) is 2.55. The van der Waals surface area contributed by atoms with Crippen LogP contribution in [0.15, 0.2) is 30.3 Å². The van der Waals surface area contributed by atoms with Crippen LogP contribution >= 0.6 is 0 Å². The maximum atomic E-state index is 10.6. The summed E-state index contributed by atoms with van der Waals surface area (Å²) in [6.45, 7) is 1.68. The van der Waals surface area contributed by atoms with Gasteiger partial charge < -0.3 is 5.11 Å². The Hall–Kier alpha value is -1.35. The Kier molecular flexibility index (Phi) is 3.57. The topological polar surface area (TPSA) is 40.5 Å². The molecule has 3 heteroatoms. The number of likely N-dealkylation sites (tertiary alicyclic amines) is 1. The van der Waals surface area contributed by atoms with Crippen LogP contribution in [0.25, 0.3) is 0 Å². The van der Waals surface area contributed by atoms with Crippen LogP contribution in [0.3, 0.4) is 0 Å². The van der Waals surface area contributed by atoms with E-state index in [1.807, 2.05) is 18.2 Å². The van der Waals surface area contributed by atoms with Crippen LogP contribution in [0.5, 0.6) is 0 Å². The number of rotatable bonds is 4. The fourth-order valence-electron chi connectivity index (χ4n) is 2.39. The molecule has 1 N–H and O–H groups in total. The van der Waals surface area contributed by atoms with Gasteiger partial charge in [0.05, 0.1) is 6.42 Å². The van der Waals surface area contributed by atoms with Gasteiger partial charge in [0, 0.05) is 12.6 Å². The van der Waals surface area contributed by atoms with E-state index in [1.165, 1.54) is 12.0 Å². The van der Waals surface area contributed by atoms with Crippen molar-refractivity contribution in [2.75, 3.05) is 13.1 Å². The molecule has 0 bridgehead atoms. The first-order valence-corrected chi connectivity index (χ1v) is 5.78. The SMILES string of the molecule is O=C(O)CCN1CCC[C@@H]1c1ccccc1. The average molecular weight is 219 g/mol. The van der Waals surface area contributed by atoms with Crippen molar-refractivity contribution in [3.63, 3.8) is 0 Å². The zero-order valence-electron chi connectivity index (χ0n) is 9.30. The third kappa shape index (κ3) is 2.61. The lowest BCUT2D eigenvalue weighted by atomic mass is 10.0. The molecule has 0 radical (unpaired) electrons. The summed E-state index contributed by atoms with van der Waals surface area (Å²) in [5.41, 5.74) is 1.31. The van der Waals surface area contributed by atoms with Crippen molar-refractivity contribution >= 4 is 5.97 Å². The smallest absolute Gasteiger partial charge is 0.304 e. The molecule has 1 aliphatic rings. The summed E-state index contributed by atoms with van der Waals surface area (Å²) in [5.74, 6) is -0.710. The molecule has 16 heavy (non-hydrogen) atoms. The van der Waals surface area contributed by atoms with E-state index in [0.29, 0.717) is 12.6 Å². The lowest BCUT2D eigenvalue weighted by Gasteiger charge is -2.23. The van der Waals surface area contributed by atoms with E-state index in [-0.39, 0.29) is 6.42 Å². The molecule has 3 nitrogen and oxygen atoms in total. The van der Waals surface area contributed by atoms with Crippen molar-refractivity contribution in [2.45, 2.75) is 25.3 Å². The number of hydrogen-bond acceptors (Lipinski definition) is 2. The van der Waals surface area contributed by atoms with Crippen LogP contribution in [0.1, 0.15) is 30.9 Å². The Morgan fingerprint density at radius 1 is 1.38 bits per heavy atom. The molecule has 1 heterocycles. The highest BCUT2D eigenvalue weighted by Crippen LogP contribution is 2.31. The van der Waals surface area contributed by atoms with Gasteiger partial charge in [0.15, 0.2) is 0 Å². The van der Waals surface area contributed by atoms with Crippen LogP contribution in [-0.2, 0) is 4.79 Å². The van der Waals surface area contributed by atoms with Crippen LogP contribution in [-0.4, -0.2) is 29.1 Å². The Balaban J connectivity index is 2.01. The van der Waals surface area contributed by atoms with Crippen LogP contribution in [0, 0.1) is 0 Å². The minimum atomic E-state index is -0.710. The van der Waals surface area contributed by atoms with E-state index in [2.05, 4.69) is 17.0 Å². The first kappa shape index (κ1) is 11.1. The molecule has 1 fully saturated rings. The molecule has 1 atom stereocenters. The quantitative estimate of drug-likeness (QED) is 0.844. The van der Waals surface area contributed by atoms with Gasteiger partial charge in [-0.2, -0.15) is 0 Å². The zero-order valence-corrected chi connectivity index (χ0v) is 9.30. The number of nitrogens with zero attached hydrogens (tertiary/aromatic N) is 1. The first-order chi connectivity index (χ1) is 7.77. The Morgan fingerprint density at radius 2 is 2.12 bits per heavy atom. The van der Waals surface area contributed by atoms with Gasteiger partial charge in [0.25, 0.3) is 0 Å². The van der Waals surface area contributed by atoms with E-state index in [1.54, 1.807) is 0 Å². The minimum Gasteiger partial charge on any atom is -0.481 e. The third-order valence-corrected chi connectivity index (χ3v) is 3.16. The number of carboxylic acid groups (broad SMARTS) is 1. The fraction of sp³-hybridized carbons (Fsp3) is 0.462. The predicted octanol–water partition coefficient (Wildman–Crippen LogP) is 2.30. The van der Waals surface area contributed by atoms with Gasteiger partial charge in [0.2, 0.25) is 0 Å². The fourth-order valence-corrected chi connectivity index (χ4v) is 2.39. The van der Waals surface area contributed by atoms with E-state index < -0.39 is 5.97 Å². The molecule has 0 aromatic heterocycles. The molecule has 1 saturated heterocycles. The molecular formula is C13H17NO2. The highest BCUT2D eigenvalue weighted by molar-refractivity contribution is 5.66. The van der Waals surface area contributed by atoms with Crippen LogP contribution in [0.2, 0.25) is 0 Å². The monoisotopic (exact) mass is 219 g/mol. The summed E-state index contributed by atoms with van der Waals surface area (Å²) >= 11 is 0. The maximum absolute atomic E-state index is 10.6. The highest BCUT2D eigenvalue weighted by Gasteiger charge is 2.25.